The van der Waals surface area contributed by atoms with Crippen molar-refractivity contribution in [3.63, 3.8) is 0 Å². The molecule has 0 aliphatic carbocycles. The standard InChI is InChI=1S/C20H27N5O3/c1-6-28-20(27)18-15-12-24(10-9-16(15)25(22-18)13(2)3)17-8-7-14(11-21-17)19(26)23(4)5/h7-8,11,13H,6,9-10,12H2,1-5H3. The Bertz CT molecular complexity index is 871. The van der Waals surface area contributed by atoms with E-state index in [9.17, 15) is 9.59 Å². The van der Waals surface area contributed by atoms with Crippen molar-refractivity contribution in [2.75, 3.05) is 32.1 Å². The summed E-state index contributed by atoms with van der Waals surface area (Å²) in [6.45, 7) is 7.50. The van der Waals surface area contributed by atoms with Crippen LogP contribution in [0.5, 0.6) is 0 Å². The lowest BCUT2D eigenvalue weighted by atomic mass is 10.0. The van der Waals surface area contributed by atoms with Gasteiger partial charge in [0.15, 0.2) is 5.69 Å². The zero-order valence-electron chi connectivity index (χ0n) is 17.1. The monoisotopic (exact) mass is 385 g/mol. The van der Waals surface area contributed by atoms with Crippen LogP contribution >= 0.6 is 0 Å². The third-order valence-corrected chi connectivity index (χ3v) is 4.77. The average Bonchev–Trinajstić information content (AvgIpc) is 3.07. The van der Waals surface area contributed by atoms with E-state index in [1.807, 2.05) is 10.7 Å². The molecule has 0 spiro atoms. The highest BCUT2D eigenvalue weighted by Gasteiger charge is 2.30. The molecule has 1 aliphatic rings. The van der Waals surface area contributed by atoms with Crippen molar-refractivity contribution in [3.05, 3.63) is 40.8 Å². The Labute approximate surface area is 165 Å². The zero-order chi connectivity index (χ0) is 20.4. The first-order chi connectivity index (χ1) is 13.3. The van der Waals surface area contributed by atoms with Crippen molar-refractivity contribution in [3.8, 4) is 0 Å². The molecule has 0 fully saturated rings. The topological polar surface area (TPSA) is 80.6 Å². The molecular weight excluding hydrogens is 358 g/mol. The highest BCUT2D eigenvalue weighted by atomic mass is 16.5. The van der Waals surface area contributed by atoms with Crippen molar-refractivity contribution in [2.45, 2.75) is 39.8 Å². The normalized spacial score (nSPS) is 13.4. The van der Waals surface area contributed by atoms with Crippen LogP contribution in [0.25, 0.3) is 0 Å². The number of anilines is 1. The fourth-order valence-electron chi connectivity index (χ4n) is 3.39. The molecule has 8 heteroatoms. The maximum atomic E-state index is 12.4. The van der Waals surface area contributed by atoms with Gasteiger partial charge in [-0.25, -0.2) is 9.78 Å². The molecule has 0 N–H and O–H groups in total. The van der Waals surface area contributed by atoms with E-state index in [1.54, 1.807) is 33.3 Å². The summed E-state index contributed by atoms with van der Waals surface area (Å²) in [5.74, 6) is 0.302. The molecular formula is C20H27N5O3. The summed E-state index contributed by atoms with van der Waals surface area (Å²) in [6.07, 6.45) is 2.36. The SMILES string of the molecule is CCOC(=O)c1nn(C(C)C)c2c1CN(c1ccc(C(=O)N(C)C)cn1)CC2. The van der Waals surface area contributed by atoms with Crippen LogP contribution < -0.4 is 4.90 Å². The number of ether oxygens (including phenoxy) is 1. The first-order valence-electron chi connectivity index (χ1n) is 9.53. The maximum Gasteiger partial charge on any atom is 0.359 e. The summed E-state index contributed by atoms with van der Waals surface area (Å²) in [4.78, 5) is 32.5. The molecule has 2 aromatic heterocycles. The molecule has 0 bridgehead atoms. The van der Waals surface area contributed by atoms with Crippen LogP contribution in [0.2, 0.25) is 0 Å². The lowest BCUT2D eigenvalue weighted by molar-refractivity contribution is 0.0516. The number of rotatable bonds is 5. The number of pyridine rings is 1. The van der Waals surface area contributed by atoms with Crippen LogP contribution in [0.3, 0.4) is 0 Å². The fourth-order valence-corrected chi connectivity index (χ4v) is 3.39. The van der Waals surface area contributed by atoms with E-state index in [-0.39, 0.29) is 17.9 Å². The maximum absolute atomic E-state index is 12.4. The van der Waals surface area contributed by atoms with Crippen LogP contribution in [-0.2, 0) is 17.7 Å². The Kier molecular flexibility index (Phi) is 5.67. The van der Waals surface area contributed by atoms with Gasteiger partial charge in [0.25, 0.3) is 5.91 Å². The Morgan fingerprint density at radius 1 is 1.29 bits per heavy atom. The van der Waals surface area contributed by atoms with Crippen molar-refractivity contribution >= 4 is 17.7 Å². The quantitative estimate of drug-likeness (QED) is 0.735. The van der Waals surface area contributed by atoms with Gasteiger partial charge in [-0.3, -0.25) is 9.48 Å². The van der Waals surface area contributed by atoms with Crippen molar-refractivity contribution in [1.82, 2.24) is 19.7 Å². The first-order valence-corrected chi connectivity index (χ1v) is 9.53. The second-order valence-electron chi connectivity index (χ2n) is 7.31. The number of esters is 1. The van der Waals surface area contributed by atoms with E-state index in [2.05, 4.69) is 28.8 Å². The Morgan fingerprint density at radius 3 is 2.61 bits per heavy atom. The number of amides is 1. The lowest BCUT2D eigenvalue weighted by Gasteiger charge is -2.29. The van der Waals surface area contributed by atoms with Crippen LogP contribution in [0, 0.1) is 0 Å². The first kappa shape index (κ1) is 19.9. The Hall–Kier alpha value is -2.90. The molecule has 3 heterocycles. The molecule has 0 radical (unpaired) electrons. The molecule has 2 aromatic rings. The van der Waals surface area contributed by atoms with Gasteiger partial charge in [0.2, 0.25) is 0 Å². The van der Waals surface area contributed by atoms with Gasteiger partial charge in [-0.1, -0.05) is 0 Å². The number of hydrogen-bond donors (Lipinski definition) is 0. The van der Waals surface area contributed by atoms with Crippen molar-refractivity contribution in [1.29, 1.82) is 0 Å². The predicted octanol–water partition coefficient (Wildman–Crippen LogP) is 2.30. The Balaban J connectivity index is 1.89. The van der Waals surface area contributed by atoms with Gasteiger partial charge in [0.05, 0.1) is 12.2 Å². The number of aromatic nitrogens is 3. The fraction of sp³-hybridized carbons (Fsp3) is 0.500. The molecule has 3 rings (SSSR count). The summed E-state index contributed by atoms with van der Waals surface area (Å²) in [5.41, 5.74) is 2.91. The van der Waals surface area contributed by atoms with Crippen LogP contribution in [0.1, 0.15) is 58.9 Å². The van der Waals surface area contributed by atoms with Crippen LogP contribution in [0.15, 0.2) is 18.3 Å². The number of nitrogens with zero attached hydrogens (tertiary/aromatic N) is 5. The van der Waals surface area contributed by atoms with E-state index in [0.717, 1.165) is 30.0 Å². The predicted molar refractivity (Wildman–Crippen MR) is 106 cm³/mol. The largest absolute Gasteiger partial charge is 0.461 e. The zero-order valence-corrected chi connectivity index (χ0v) is 17.1. The summed E-state index contributed by atoms with van der Waals surface area (Å²) in [6, 6.07) is 3.79. The van der Waals surface area contributed by atoms with Crippen LogP contribution in [-0.4, -0.2) is 58.8 Å². The van der Waals surface area contributed by atoms with Gasteiger partial charge < -0.3 is 14.5 Å². The Morgan fingerprint density at radius 2 is 2.04 bits per heavy atom. The minimum absolute atomic E-state index is 0.0808. The van der Waals surface area contributed by atoms with Gasteiger partial charge in [-0.05, 0) is 32.9 Å². The minimum atomic E-state index is -0.389. The molecule has 0 saturated carbocycles. The van der Waals surface area contributed by atoms with Gasteiger partial charge in [0.1, 0.15) is 5.82 Å². The highest BCUT2D eigenvalue weighted by molar-refractivity contribution is 5.93. The summed E-state index contributed by atoms with van der Waals surface area (Å²) in [7, 11) is 3.43. The van der Waals surface area contributed by atoms with Gasteiger partial charge >= 0.3 is 5.97 Å². The molecule has 1 aliphatic heterocycles. The summed E-state index contributed by atoms with van der Waals surface area (Å²) >= 11 is 0. The number of carbonyl (C=O) groups is 2. The number of hydrogen-bond acceptors (Lipinski definition) is 6. The molecule has 1 amide bonds. The molecule has 8 nitrogen and oxygen atoms in total. The molecule has 150 valence electrons. The summed E-state index contributed by atoms with van der Waals surface area (Å²) < 4.78 is 7.12. The second kappa shape index (κ2) is 8.00. The van der Waals surface area contributed by atoms with Crippen molar-refractivity contribution in [2.24, 2.45) is 0 Å². The third-order valence-electron chi connectivity index (χ3n) is 4.77. The van der Waals surface area contributed by atoms with E-state index >= 15 is 0 Å². The van der Waals surface area contributed by atoms with Gasteiger partial charge in [0, 0.05) is 57.1 Å². The molecule has 0 aromatic carbocycles. The molecule has 28 heavy (non-hydrogen) atoms. The second-order valence-corrected chi connectivity index (χ2v) is 7.31. The van der Waals surface area contributed by atoms with Crippen molar-refractivity contribution < 1.29 is 14.3 Å². The number of fused-ring (bicyclic) bond motifs is 1. The van der Waals surface area contributed by atoms with Crippen LogP contribution in [0.4, 0.5) is 5.82 Å². The lowest BCUT2D eigenvalue weighted by Crippen LogP contribution is -2.32. The summed E-state index contributed by atoms with van der Waals surface area (Å²) in [5, 5.41) is 4.54. The average molecular weight is 385 g/mol. The molecule has 0 unspecified atom stereocenters. The minimum Gasteiger partial charge on any atom is -0.461 e. The third kappa shape index (κ3) is 3.72. The highest BCUT2D eigenvalue weighted by Crippen LogP contribution is 2.28. The van der Waals surface area contributed by atoms with E-state index < -0.39 is 0 Å². The van der Waals surface area contributed by atoms with E-state index in [0.29, 0.717) is 24.4 Å². The number of carbonyl (C=O) groups excluding carboxylic acids is 2. The van der Waals surface area contributed by atoms with E-state index in [1.165, 1.54) is 4.90 Å². The van der Waals surface area contributed by atoms with Gasteiger partial charge in [-0.15, -0.1) is 0 Å². The molecule has 0 atom stereocenters. The van der Waals surface area contributed by atoms with E-state index in [4.69, 9.17) is 4.74 Å². The van der Waals surface area contributed by atoms with Gasteiger partial charge in [-0.2, -0.15) is 5.10 Å². The molecule has 0 saturated heterocycles. The smallest absolute Gasteiger partial charge is 0.359 e.